The molecule has 0 radical (unpaired) electrons. The van der Waals surface area contributed by atoms with Crippen LogP contribution in [0.5, 0.6) is 0 Å². The van der Waals surface area contributed by atoms with Gasteiger partial charge in [0.15, 0.2) is 0 Å². The Morgan fingerprint density at radius 3 is 2.50 bits per heavy atom. The molecule has 0 aromatic rings. The molecular weight excluding hydrogens is 230 g/mol. The number of aliphatic hydroxyl groups is 1. The highest BCUT2D eigenvalue weighted by molar-refractivity contribution is 5.71. The molecule has 1 rings (SSSR count). The molecule has 106 valence electrons. The summed E-state index contributed by atoms with van der Waals surface area (Å²) in [4.78, 5) is 11.4. The Labute approximate surface area is 110 Å². The molecule has 0 aliphatic carbocycles. The SMILES string of the molecule is CC(C)(CCN)CC(C)(C)[C@@H]1C[C@@H](O)CC(=O)O1. The molecule has 1 aliphatic rings. The van der Waals surface area contributed by atoms with Crippen LogP contribution in [0, 0.1) is 10.8 Å². The van der Waals surface area contributed by atoms with Crippen molar-refractivity contribution in [2.24, 2.45) is 16.6 Å². The number of nitrogens with two attached hydrogens (primary N) is 1. The highest BCUT2D eigenvalue weighted by atomic mass is 16.5. The van der Waals surface area contributed by atoms with Crippen LogP contribution in [0.15, 0.2) is 0 Å². The molecule has 0 aromatic carbocycles. The standard InChI is InChI=1S/C14H27NO3/c1-13(2,5-6-15)9-14(3,4)11-7-10(16)8-12(17)18-11/h10-11,16H,5-9,15H2,1-4H3/t10-,11+/m1/s1. The molecule has 4 nitrogen and oxygen atoms in total. The second-order valence-electron chi connectivity index (χ2n) is 6.94. The minimum Gasteiger partial charge on any atom is -0.462 e. The summed E-state index contributed by atoms with van der Waals surface area (Å²) in [6.07, 6.45) is 1.76. The van der Waals surface area contributed by atoms with Gasteiger partial charge in [0, 0.05) is 11.8 Å². The van der Waals surface area contributed by atoms with Crippen LogP contribution in [-0.4, -0.2) is 29.8 Å². The number of hydrogen-bond donors (Lipinski definition) is 2. The van der Waals surface area contributed by atoms with Crippen LogP contribution in [0.25, 0.3) is 0 Å². The lowest BCUT2D eigenvalue weighted by Gasteiger charge is -2.42. The number of esters is 1. The predicted octanol–water partition coefficient (Wildman–Crippen LogP) is 1.84. The van der Waals surface area contributed by atoms with Gasteiger partial charge in [-0.25, -0.2) is 0 Å². The number of aliphatic hydroxyl groups excluding tert-OH is 1. The average Bonchev–Trinajstić information content (AvgIpc) is 2.13. The Morgan fingerprint density at radius 1 is 1.39 bits per heavy atom. The fourth-order valence-electron chi connectivity index (χ4n) is 3.08. The van der Waals surface area contributed by atoms with Gasteiger partial charge in [-0.15, -0.1) is 0 Å². The number of ether oxygens (including phenoxy) is 1. The second-order valence-corrected chi connectivity index (χ2v) is 6.94. The molecule has 3 N–H and O–H groups in total. The molecule has 0 unspecified atom stereocenters. The van der Waals surface area contributed by atoms with Gasteiger partial charge >= 0.3 is 5.97 Å². The van der Waals surface area contributed by atoms with Gasteiger partial charge in [0.1, 0.15) is 6.10 Å². The van der Waals surface area contributed by atoms with Crippen LogP contribution in [0.4, 0.5) is 0 Å². The summed E-state index contributed by atoms with van der Waals surface area (Å²) in [6.45, 7) is 9.23. The van der Waals surface area contributed by atoms with E-state index in [1.54, 1.807) is 0 Å². The van der Waals surface area contributed by atoms with Crippen LogP contribution >= 0.6 is 0 Å². The largest absolute Gasteiger partial charge is 0.462 e. The van der Waals surface area contributed by atoms with Gasteiger partial charge in [-0.05, 0) is 24.8 Å². The maximum absolute atomic E-state index is 11.4. The van der Waals surface area contributed by atoms with E-state index in [9.17, 15) is 9.90 Å². The summed E-state index contributed by atoms with van der Waals surface area (Å²) in [5.74, 6) is -0.288. The maximum Gasteiger partial charge on any atom is 0.308 e. The summed E-state index contributed by atoms with van der Waals surface area (Å²) in [7, 11) is 0. The smallest absolute Gasteiger partial charge is 0.308 e. The minimum absolute atomic E-state index is 0.118. The summed E-state index contributed by atoms with van der Waals surface area (Å²) >= 11 is 0. The van der Waals surface area contributed by atoms with Gasteiger partial charge in [0.2, 0.25) is 0 Å². The molecule has 2 atom stereocenters. The molecule has 1 saturated heterocycles. The molecule has 0 aromatic heterocycles. The van der Waals surface area contributed by atoms with Gasteiger partial charge in [-0.1, -0.05) is 27.7 Å². The highest BCUT2D eigenvalue weighted by Crippen LogP contribution is 2.41. The van der Waals surface area contributed by atoms with Gasteiger partial charge in [0.05, 0.1) is 12.5 Å². The summed E-state index contributed by atoms with van der Waals surface area (Å²) in [5, 5.41) is 9.69. The molecule has 4 heteroatoms. The van der Waals surface area contributed by atoms with Crippen molar-refractivity contribution in [3.05, 3.63) is 0 Å². The Balaban J connectivity index is 2.70. The first kappa shape index (κ1) is 15.4. The van der Waals surface area contributed by atoms with E-state index < -0.39 is 6.10 Å². The lowest BCUT2D eigenvalue weighted by molar-refractivity contribution is -0.170. The number of cyclic esters (lactones) is 1. The third kappa shape index (κ3) is 4.25. The van der Waals surface area contributed by atoms with Crippen molar-refractivity contribution in [2.45, 2.75) is 65.6 Å². The van der Waals surface area contributed by atoms with Crippen molar-refractivity contribution < 1.29 is 14.6 Å². The minimum atomic E-state index is -0.562. The second kappa shape index (κ2) is 5.57. The Morgan fingerprint density at radius 2 is 2.00 bits per heavy atom. The zero-order valence-electron chi connectivity index (χ0n) is 12.0. The van der Waals surface area contributed by atoms with E-state index in [1.165, 1.54) is 0 Å². The van der Waals surface area contributed by atoms with Gasteiger partial charge in [-0.2, -0.15) is 0 Å². The highest BCUT2D eigenvalue weighted by Gasteiger charge is 2.41. The van der Waals surface area contributed by atoms with Crippen molar-refractivity contribution in [2.75, 3.05) is 6.54 Å². The van der Waals surface area contributed by atoms with E-state index >= 15 is 0 Å². The molecule has 18 heavy (non-hydrogen) atoms. The maximum atomic E-state index is 11.4. The van der Waals surface area contributed by atoms with Crippen molar-refractivity contribution in [3.63, 3.8) is 0 Å². The zero-order valence-corrected chi connectivity index (χ0v) is 12.0. The number of carbonyl (C=O) groups is 1. The predicted molar refractivity (Wildman–Crippen MR) is 71.0 cm³/mol. The lowest BCUT2D eigenvalue weighted by atomic mass is 9.69. The van der Waals surface area contributed by atoms with E-state index in [-0.39, 0.29) is 29.3 Å². The normalized spacial score (nSPS) is 26.0. The molecule has 0 bridgehead atoms. The molecule has 0 spiro atoms. The van der Waals surface area contributed by atoms with Gasteiger partial charge < -0.3 is 15.6 Å². The molecule has 1 fully saturated rings. The fourth-order valence-corrected chi connectivity index (χ4v) is 3.08. The summed E-state index contributed by atoms with van der Waals surface area (Å²) in [5.41, 5.74) is 5.61. The van der Waals surface area contributed by atoms with E-state index in [2.05, 4.69) is 27.7 Å². The van der Waals surface area contributed by atoms with E-state index in [1.807, 2.05) is 0 Å². The quantitative estimate of drug-likeness (QED) is 0.737. The monoisotopic (exact) mass is 257 g/mol. The van der Waals surface area contributed by atoms with Crippen molar-refractivity contribution in [3.8, 4) is 0 Å². The lowest BCUT2D eigenvalue weighted by Crippen LogP contribution is -2.43. The van der Waals surface area contributed by atoms with Crippen LogP contribution in [0.3, 0.4) is 0 Å². The van der Waals surface area contributed by atoms with Gasteiger partial charge in [-0.3, -0.25) is 4.79 Å². The van der Waals surface area contributed by atoms with E-state index in [0.717, 1.165) is 12.8 Å². The van der Waals surface area contributed by atoms with Crippen molar-refractivity contribution in [1.82, 2.24) is 0 Å². The summed E-state index contributed by atoms with van der Waals surface area (Å²) in [6, 6.07) is 0. The Bertz CT molecular complexity index is 299. The molecule has 1 aliphatic heterocycles. The Kier molecular flexibility index (Phi) is 4.78. The topological polar surface area (TPSA) is 72.5 Å². The third-order valence-electron chi connectivity index (χ3n) is 3.79. The first-order valence-corrected chi connectivity index (χ1v) is 6.74. The molecule has 0 amide bonds. The average molecular weight is 257 g/mol. The zero-order chi connectivity index (χ0) is 14.0. The fraction of sp³-hybridized carbons (Fsp3) is 0.929. The summed E-state index contributed by atoms with van der Waals surface area (Å²) < 4.78 is 5.42. The van der Waals surface area contributed by atoms with Crippen LogP contribution in [0.1, 0.15) is 53.4 Å². The van der Waals surface area contributed by atoms with Gasteiger partial charge in [0.25, 0.3) is 0 Å². The van der Waals surface area contributed by atoms with Crippen LogP contribution in [-0.2, 0) is 9.53 Å². The first-order chi connectivity index (χ1) is 8.16. The molecule has 0 saturated carbocycles. The first-order valence-electron chi connectivity index (χ1n) is 6.74. The van der Waals surface area contributed by atoms with E-state index in [0.29, 0.717) is 13.0 Å². The number of carbonyl (C=O) groups excluding carboxylic acids is 1. The van der Waals surface area contributed by atoms with Crippen molar-refractivity contribution in [1.29, 1.82) is 0 Å². The Hall–Kier alpha value is -0.610. The molecule has 1 heterocycles. The van der Waals surface area contributed by atoms with Crippen molar-refractivity contribution >= 4 is 5.97 Å². The van der Waals surface area contributed by atoms with Crippen LogP contribution < -0.4 is 5.73 Å². The van der Waals surface area contributed by atoms with Crippen LogP contribution in [0.2, 0.25) is 0 Å². The molecular formula is C14H27NO3. The number of rotatable bonds is 5. The third-order valence-corrected chi connectivity index (χ3v) is 3.79. The number of hydrogen-bond acceptors (Lipinski definition) is 4. The van der Waals surface area contributed by atoms with E-state index in [4.69, 9.17) is 10.5 Å².